The second kappa shape index (κ2) is 8.07. The number of aromatic nitrogens is 2. The standard InChI is InChI=1S/C19H20N4O5S2/c1-3-30(25,26)23-11-15(27-14-8-5-4-7-13(14)23)19(24)22(2)12-17-20-18(21-28-17)16-9-6-10-29-16/h4-10,15H,3,11-12H2,1-2H3/t15-/m0/s1. The van der Waals surface area contributed by atoms with Crippen LogP contribution >= 0.6 is 11.3 Å². The second-order valence-corrected chi connectivity index (χ2v) is 9.82. The Morgan fingerprint density at radius 2 is 2.10 bits per heavy atom. The first kappa shape index (κ1) is 20.4. The summed E-state index contributed by atoms with van der Waals surface area (Å²) in [6.45, 7) is 1.55. The summed E-state index contributed by atoms with van der Waals surface area (Å²) in [6, 6.07) is 10.5. The van der Waals surface area contributed by atoms with Gasteiger partial charge < -0.3 is 14.2 Å². The Labute approximate surface area is 177 Å². The molecule has 3 heterocycles. The quantitative estimate of drug-likeness (QED) is 0.570. The van der Waals surface area contributed by atoms with E-state index in [1.54, 1.807) is 38.2 Å². The summed E-state index contributed by atoms with van der Waals surface area (Å²) in [6.07, 6.45) is -0.981. The Morgan fingerprint density at radius 3 is 2.83 bits per heavy atom. The lowest BCUT2D eigenvalue weighted by Gasteiger charge is -2.35. The van der Waals surface area contributed by atoms with Crippen molar-refractivity contribution in [3.63, 3.8) is 0 Å². The van der Waals surface area contributed by atoms with E-state index in [1.165, 1.54) is 20.5 Å². The molecule has 1 atom stereocenters. The lowest BCUT2D eigenvalue weighted by atomic mass is 10.2. The van der Waals surface area contributed by atoms with Crippen molar-refractivity contribution in [2.24, 2.45) is 0 Å². The predicted octanol–water partition coefficient (Wildman–Crippen LogP) is 2.37. The third-order valence-electron chi connectivity index (χ3n) is 4.67. The van der Waals surface area contributed by atoms with Crippen LogP contribution in [0.1, 0.15) is 12.8 Å². The fourth-order valence-corrected chi connectivity index (χ4v) is 4.88. The normalized spacial score (nSPS) is 16.1. The molecule has 0 bridgehead atoms. The van der Waals surface area contributed by atoms with Crippen molar-refractivity contribution < 1.29 is 22.5 Å². The summed E-state index contributed by atoms with van der Waals surface area (Å²) >= 11 is 1.49. The van der Waals surface area contributed by atoms with Crippen molar-refractivity contribution in [3.8, 4) is 16.5 Å². The summed E-state index contributed by atoms with van der Waals surface area (Å²) in [5.41, 5.74) is 0.434. The van der Waals surface area contributed by atoms with Crippen LogP contribution in [0.3, 0.4) is 0 Å². The van der Waals surface area contributed by atoms with Gasteiger partial charge in [-0.3, -0.25) is 9.10 Å². The first-order valence-electron chi connectivity index (χ1n) is 9.26. The zero-order valence-corrected chi connectivity index (χ0v) is 18.0. The molecule has 1 aliphatic rings. The van der Waals surface area contributed by atoms with E-state index in [4.69, 9.17) is 9.26 Å². The van der Waals surface area contributed by atoms with Crippen LogP contribution in [-0.4, -0.2) is 54.8 Å². The molecule has 1 aliphatic heterocycles. The molecule has 11 heteroatoms. The Hall–Kier alpha value is -2.92. The number of carbonyl (C=O) groups excluding carboxylic acids is 1. The van der Waals surface area contributed by atoms with E-state index in [2.05, 4.69) is 10.1 Å². The minimum absolute atomic E-state index is 0.0778. The molecule has 0 saturated heterocycles. The Kier molecular flexibility index (Phi) is 5.48. The van der Waals surface area contributed by atoms with E-state index in [-0.39, 0.29) is 30.6 Å². The molecule has 1 amide bonds. The van der Waals surface area contributed by atoms with Gasteiger partial charge in [0, 0.05) is 7.05 Å². The number of likely N-dealkylation sites (N-methyl/N-ethyl adjacent to an activating group) is 1. The van der Waals surface area contributed by atoms with Gasteiger partial charge in [0.1, 0.15) is 5.75 Å². The number of amides is 1. The van der Waals surface area contributed by atoms with Crippen molar-refractivity contribution in [1.82, 2.24) is 15.0 Å². The highest BCUT2D eigenvalue weighted by Gasteiger charge is 2.37. The van der Waals surface area contributed by atoms with Crippen molar-refractivity contribution in [3.05, 3.63) is 47.7 Å². The fourth-order valence-electron chi connectivity index (χ4n) is 3.10. The molecule has 9 nitrogen and oxygen atoms in total. The molecule has 0 fully saturated rings. The van der Waals surface area contributed by atoms with Gasteiger partial charge in [0.05, 0.1) is 29.4 Å². The van der Waals surface area contributed by atoms with E-state index < -0.39 is 16.1 Å². The van der Waals surface area contributed by atoms with Gasteiger partial charge in [-0.15, -0.1) is 11.3 Å². The summed E-state index contributed by atoms with van der Waals surface area (Å²) in [5.74, 6) is 0.639. The van der Waals surface area contributed by atoms with E-state index in [0.717, 1.165) is 4.88 Å². The van der Waals surface area contributed by atoms with Crippen LogP contribution in [0.25, 0.3) is 10.7 Å². The van der Waals surface area contributed by atoms with E-state index in [9.17, 15) is 13.2 Å². The smallest absolute Gasteiger partial charge is 0.265 e. The maximum Gasteiger partial charge on any atom is 0.265 e. The lowest BCUT2D eigenvalue weighted by molar-refractivity contribution is -0.138. The molecule has 4 rings (SSSR count). The largest absolute Gasteiger partial charge is 0.476 e. The van der Waals surface area contributed by atoms with Crippen LogP contribution < -0.4 is 9.04 Å². The van der Waals surface area contributed by atoms with Crippen LogP contribution in [0.4, 0.5) is 5.69 Å². The molecule has 0 unspecified atom stereocenters. The summed E-state index contributed by atoms with van der Waals surface area (Å²) in [4.78, 5) is 19.6. The van der Waals surface area contributed by atoms with Gasteiger partial charge in [0.2, 0.25) is 21.7 Å². The number of fused-ring (bicyclic) bond motifs is 1. The molecular formula is C19H20N4O5S2. The van der Waals surface area contributed by atoms with Crippen molar-refractivity contribution >= 4 is 33.0 Å². The van der Waals surface area contributed by atoms with E-state index in [0.29, 0.717) is 17.3 Å². The first-order valence-corrected chi connectivity index (χ1v) is 11.8. The maximum absolute atomic E-state index is 13.0. The Balaban J connectivity index is 1.51. The van der Waals surface area contributed by atoms with Crippen molar-refractivity contribution in [2.45, 2.75) is 19.6 Å². The van der Waals surface area contributed by atoms with Crippen LogP contribution in [0.2, 0.25) is 0 Å². The second-order valence-electron chi connectivity index (χ2n) is 6.69. The summed E-state index contributed by atoms with van der Waals surface area (Å²) < 4.78 is 37.5. The minimum Gasteiger partial charge on any atom is -0.476 e. The highest BCUT2D eigenvalue weighted by atomic mass is 32.2. The number of anilines is 1. The van der Waals surface area contributed by atoms with Gasteiger partial charge in [-0.2, -0.15) is 4.98 Å². The first-order chi connectivity index (χ1) is 14.4. The lowest BCUT2D eigenvalue weighted by Crippen LogP contribution is -2.51. The molecule has 0 spiro atoms. The third-order valence-corrected chi connectivity index (χ3v) is 7.28. The SMILES string of the molecule is CCS(=O)(=O)N1C[C@@H](C(=O)N(C)Cc2nc(-c3cccs3)no2)Oc2ccccc21. The summed E-state index contributed by atoms with van der Waals surface area (Å²) in [7, 11) is -1.98. The number of benzene rings is 1. The molecule has 30 heavy (non-hydrogen) atoms. The van der Waals surface area contributed by atoms with Gasteiger partial charge in [-0.05, 0) is 30.5 Å². The number of ether oxygens (including phenoxy) is 1. The molecule has 0 saturated carbocycles. The molecule has 0 N–H and O–H groups in total. The van der Waals surface area contributed by atoms with Crippen molar-refractivity contribution in [1.29, 1.82) is 0 Å². The van der Waals surface area contributed by atoms with Gasteiger partial charge in [0.15, 0.2) is 6.10 Å². The average Bonchev–Trinajstić information content (AvgIpc) is 3.44. The van der Waals surface area contributed by atoms with Gasteiger partial charge in [0.25, 0.3) is 5.91 Å². The number of carbonyl (C=O) groups is 1. The molecule has 2 aromatic heterocycles. The Morgan fingerprint density at radius 1 is 1.30 bits per heavy atom. The number of hydrogen-bond donors (Lipinski definition) is 0. The average molecular weight is 449 g/mol. The maximum atomic E-state index is 13.0. The number of hydrogen-bond acceptors (Lipinski definition) is 8. The molecular weight excluding hydrogens is 428 g/mol. The molecule has 158 valence electrons. The third kappa shape index (κ3) is 3.90. The molecule has 0 aliphatic carbocycles. The Bertz CT molecular complexity index is 1140. The number of nitrogens with zero attached hydrogens (tertiary/aromatic N) is 4. The highest BCUT2D eigenvalue weighted by Crippen LogP contribution is 2.35. The molecule has 3 aromatic rings. The minimum atomic E-state index is -3.56. The number of thiophene rings is 1. The van der Waals surface area contributed by atoms with E-state index >= 15 is 0 Å². The van der Waals surface area contributed by atoms with Crippen LogP contribution in [0.5, 0.6) is 5.75 Å². The van der Waals surface area contributed by atoms with E-state index in [1.807, 2.05) is 17.5 Å². The summed E-state index contributed by atoms with van der Waals surface area (Å²) in [5, 5.41) is 5.85. The highest BCUT2D eigenvalue weighted by molar-refractivity contribution is 7.92. The van der Waals surface area contributed by atoms with Crippen molar-refractivity contribution in [2.75, 3.05) is 23.7 Å². The topological polar surface area (TPSA) is 106 Å². The molecule has 1 aromatic carbocycles. The zero-order valence-electron chi connectivity index (χ0n) is 16.4. The molecule has 0 radical (unpaired) electrons. The number of rotatable bonds is 6. The fraction of sp³-hybridized carbons (Fsp3) is 0.316. The number of sulfonamides is 1. The monoisotopic (exact) mass is 448 g/mol. The zero-order chi connectivity index (χ0) is 21.3. The van der Waals surface area contributed by atoms with Gasteiger partial charge >= 0.3 is 0 Å². The van der Waals surface area contributed by atoms with Gasteiger partial charge in [-0.25, -0.2) is 8.42 Å². The number of para-hydroxylation sites is 2. The predicted molar refractivity (Wildman–Crippen MR) is 112 cm³/mol. The van der Waals surface area contributed by atoms with Crippen LogP contribution in [0, 0.1) is 0 Å². The van der Waals surface area contributed by atoms with Crippen LogP contribution in [0.15, 0.2) is 46.3 Å². The van der Waals surface area contributed by atoms with Crippen LogP contribution in [-0.2, 0) is 21.4 Å². The van der Waals surface area contributed by atoms with Gasteiger partial charge in [-0.1, -0.05) is 23.4 Å².